The molecule has 3 aromatic rings. The van der Waals surface area contributed by atoms with Crippen molar-refractivity contribution in [3.8, 4) is 0 Å². The Balaban J connectivity index is 1.94. The van der Waals surface area contributed by atoms with Crippen LogP contribution in [0.5, 0.6) is 0 Å². The number of aliphatic carboxylic acids is 2. The minimum atomic E-state index is -0.891. The normalized spacial score (nSPS) is 13.9. The first kappa shape index (κ1) is 30.7. The maximum Gasteiger partial charge on any atom is 0.303 e. The van der Waals surface area contributed by atoms with Crippen molar-refractivity contribution in [1.29, 1.82) is 0 Å². The quantitative estimate of drug-likeness (QED) is 0.197. The maximum atomic E-state index is 11.6. The number of H-pyrrole nitrogens is 2. The van der Waals surface area contributed by atoms with E-state index in [9.17, 15) is 19.8 Å². The van der Waals surface area contributed by atoms with Gasteiger partial charge in [-0.05, 0) is 105 Å². The second-order valence-corrected chi connectivity index (χ2v) is 11.4. The number of hydrogen-bond acceptors (Lipinski definition) is 5. The summed E-state index contributed by atoms with van der Waals surface area (Å²) >= 11 is 0. The van der Waals surface area contributed by atoms with Crippen LogP contribution in [0.2, 0.25) is 0 Å². The second-order valence-electron chi connectivity index (χ2n) is 11.4. The number of aromatic nitrogens is 4. The monoisotopic (exact) mass is 594 g/mol. The molecule has 228 valence electrons. The zero-order valence-electron chi connectivity index (χ0n) is 26.0. The fraction of sp³-hybridized carbons (Fsp3) is 0.314. The fourth-order valence-electron chi connectivity index (χ4n) is 6.15. The van der Waals surface area contributed by atoms with Gasteiger partial charge in [-0.1, -0.05) is 12.7 Å². The molecule has 9 heteroatoms. The Kier molecular flexibility index (Phi) is 8.43. The highest BCUT2D eigenvalue weighted by Gasteiger charge is 2.23. The molecule has 2 aliphatic rings. The summed E-state index contributed by atoms with van der Waals surface area (Å²) in [6.45, 7) is 14.1. The molecule has 0 fully saturated rings. The van der Waals surface area contributed by atoms with Crippen molar-refractivity contribution in [2.75, 3.05) is 7.11 Å². The highest BCUT2D eigenvalue weighted by molar-refractivity contribution is 5.96. The Labute approximate surface area is 256 Å². The van der Waals surface area contributed by atoms with E-state index in [0.717, 1.165) is 72.3 Å². The van der Waals surface area contributed by atoms with Crippen molar-refractivity contribution in [2.24, 2.45) is 0 Å². The van der Waals surface area contributed by atoms with E-state index in [1.54, 1.807) is 7.11 Å². The van der Waals surface area contributed by atoms with Gasteiger partial charge in [0.1, 0.15) is 0 Å². The van der Waals surface area contributed by atoms with Crippen LogP contribution >= 0.6 is 0 Å². The standard InChI is InChI=1S/C35H38N4O5/c1-8-22-17(2)25-13-26-18(3)23(9-11-33(40)41)30(37-26)16-31-24(10-12-34(42)43)19(4)27(38-31)15-32-35(21(6)44-7)20(5)28(39-32)14-29(22)36-25/h8,13-16,21,36,39H,1,9-12H2,2-7H3,(H,40,41)(H,42,43). The molecule has 0 amide bonds. The average Bonchev–Trinajstić information content (AvgIpc) is 3.63. The number of rotatable bonds is 9. The molecule has 0 saturated carbocycles. The number of carboxylic acid groups (broad SMARTS) is 2. The third-order valence-electron chi connectivity index (χ3n) is 8.78. The number of carbonyl (C=O) groups is 2. The molecule has 5 rings (SSSR count). The van der Waals surface area contributed by atoms with Crippen LogP contribution in [0.1, 0.15) is 97.6 Å². The van der Waals surface area contributed by atoms with Crippen LogP contribution in [-0.4, -0.2) is 49.2 Å². The molecule has 0 radical (unpaired) electrons. The van der Waals surface area contributed by atoms with Crippen LogP contribution in [0.25, 0.3) is 50.4 Å². The van der Waals surface area contributed by atoms with Crippen molar-refractivity contribution in [1.82, 2.24) is 19.9 Å². The smallest absolute Gasteiger partial charge is 0.303 e. The van der Waals surface area contributed by atoms with E-state index in [1.807, 2.05) is 52.0 Å². The molecule has 2 aliphatic heterocycles. The summed E-state index contributed by atoms with van der Waals surface area (Å²) in [5, 5.41) is 19.0. The van der Waals surface area contributed by atoms with E-state index < -0.39 is 11.9 Å². The largest absolute Gasteiger partial charge is 0.481 e. The number of methoxy groups -OCH3 is 1. The predicted molar refractivity (Wildman–Crippen MR) is 175 cm³/mol. The van der Waals surface area contributed by atoms with Gasteiger partial charge in [0, 0.05) is 53.1 Å². The third-order valence-corrected chi connectivity index (χ3v) is 8.78. The molecule has 4 N–H and O–H groups in total. The number of aromatic amines is 2. The van der Waals surface area contributed by atoms with Gasteiger partial charge in [-0.2, -0.15) is 0 Å². The summed E-state index contributed by atoms with van der Waals surface area (Å²) in [4.78, 5) is 40.3. The number of aryl methyl sites for hydroxylation is 2. The van der Waals surface area contributed by atoms with Crippen molar-refractivity contribution < 1.29 is 24.5 Å². The van der Waals surface area contributed by atoms with Gasteiger partial charge in [0.2, 0.25) is 0 Å². The van der Waals surface area contributed by atoms with Crippen LogP contribution < -0.4 is 0 Å². The number of fused-ring (bicyclic) bond motifs is 8. The molecule has 0 saturated heterocycles. The lowest BCUT2D eigenvalue weighted by Gasteiger charge is -2.09. The number of ether oxygens (including phenoxy) is 1. The van der Waals surface area contributed by atoms with E-state index in [0.29, 0.717) is 29.9 Å². The Morgan fingerprint density at radius 2 is 1.30 bits per heavy atom. The summed E-state index contributed by atoms with van der Waals surface area (Å²) in [6.07, 6.45) is 2.16. The maximum absolute atomic E-state index is 11.6. The molecule has 0 aliphatic carbocycles. The van der Waals surface area contributed by atoms with Crippen LogP contribution in [-0.2, 0) is 14.3 Å². The van der Waals surface area contributed by atoms with Crippen LogP contribution in [0.3, 0.4) is 0 Å². The lowest BCUT2D eigenvalue weighted by molar-refractivity contribution is -0.137. The van der Waals surface area contributed by atoms with Crippen molar-refractivity contribution >= 4 is 62.4 Å². The van der Waals surface area contributed by atoms with Gasteiger partial charge in [0.05, 0.1) is 28.9 Å². The lowest BCUT2D eigenvalue weighted by Crippen LogP contribution is -1.97. The van der Waals surface area contributed by atoms with Gasteiger partial charge in [-0.3, -0.25) is 9.59 Å². The Morgan fingerprint density at radius 3 is 1.80 bits per heavy atom. The molecule has 9 nitrogen and oxygen atoms in total. The van der Waals surface area contributed by atoms with Gasteiger partial charge in [0.15, 0.2) is 0 Å². The first-order valence-corrected chi connectivity index (χ1v) is 14.7. The van der Waals surface area contributed by atoms with E-state index in [1.165, 1.54) is 0 Å². The SMILES string of the molecule is C=Cc1c(C)c2cc3nc(cc4nc(cc5[nH]c(cc1[nH]2)c(C)c5C(C)OC)C(C)=C4CCC(=O)O)C(CCC(=O)O)=C3C. The minimum Gasteiger partial charge on any atom is -0.481 e. The third kappa shape index (κ3) is 5.63. The Morgan fingerprint density at radius 1 is 0.795 bits per heavy atom. The summed E-state index contributed by atoms with van der Waals surface area (Å²) in [6, 6.07) is 7.92. The van der Waals surface area contributed by atoms with Crippen molar-refractivity contribution in [3.63, 3.8) is 0 Å². The number of carboxylic acids is 2. The second kappa shape index (κ2) is 12.1. The van der Waals surface area contributed by atoms with Crippen molar-refractivity contribution in [2.45, 2.75) is 66.4 Å². The topological polar surface area (TPSA) is 141 Å². The minimum absolute atomic E-state index is 0.0405. The van der Waals surface area contributed by atoms with E-state index in [2.05, 4.69) is 29.5 Å². The van der Waals surface area contributed by atoms with Gasteiger partial charge in [-0.15, -0.1) is 0 Å². The highest BCUT2D eigenvalue weighted by Crippen LogP contribution is 2.38. The molecule has 1 unspecified atom stereocenters. The molecule has 8 bridgehead atoms. The molecule has 3 aromatic heterocycles. The number of nitrogens with zero attached hydrogens (tertiary/aromatic N) is 2. The summed E-state index contributed by atoms with van der Waals surface area (Å²) in [5.41, 5.74) is 13.7. The molecule has 5 heterocycles. The van der Waals surface area contributed by atoms with Crippen LogP contribution in [0.15, 0.2) is 30.8 Å². The molecule has 1 atom stereocenters. The molecule has 0 aromatic carbocycles. The number of allylic oxidation sites excluding steroid dienone is 4. The fourth-order valence-corrected chi connectivity index (χ4v) is 6.15. The van der Waals surface area contributed by atoms with Crippen molar-refractivity contribution in [3.05, 3.63) is 75.9 Å². The first-order chi connectivity index (χ1) is 20.9. The van der Waals surface area contributed by atoms with Crippen LogP contribution in [0, 0.1) is 13.8 Å². The zero-order valence-corrected chi connectivity index (χ0v) is 26.0. The van der Waals surface area contributed by atoms with Gasteiger partial charge in [0.25, 0.3) is 0 Å². The highest BCUT2D eigenvalue weighted by atomic mass is 16.5. The first-order valence-electron chi connectivity index (χ1n) is 14.7. The average molecular weight is 595 g/mol. The van der Waals surface area contributed by atoms with E-state index in [4.69, 9.17) is 14.7 Å². The van der Waals surface area contributed by atoms with E-state index in [-0.39, 0.29) is 18.9 Å². The van der Waals surface area contributed by atoms with E-state index >= 15 is 0 Å². The van der Waals surface area contributed by atoms with Gasteiger partial charge < -0.3 is 24.9 Å². The summed E-state index contributed by atoms with van der Waals surface area (Å²) in [5.74, 6) is -1.78. The Bertz CT molecular complexity index is 1940. The molecule has 0 spiro atoms. The zero-order chi connectivity index (χ0) is 31.9. The molecular formula is C35H38N4O5. The number of hydrogen-bond donors (Lipinski definition) is 4. The Hall–Kier alpha value is -4.76. The lowest BCUT2D eigenvalue weighted by atomic mass is 9.98. The van der Waals surface area contributed by atoms with Crippen LogP contribution in [0.4, 0.5) is 0 Å². The molecule has 44 heavy (non-hydrogen) atoms. The van der Waals surface area contributed by atoms with Gasteiger partial charge in [-0.25, -0.2) is 9.97 Å². The van der Waals surface area contributed by atoms with Gasteiger partial charge >= 0.3 is 11.9 Å². The number of nitrogens with one attached hydrogen (secondary N) is 2. The summed E-state index contributed by atoms with van der Waals surface area (Å²) < 4.78 is 5.77. The predicted octanol–water partition coefficient (Wildman–Crippen LogP) is 7.87. The molecular weight excluding hydrogens is 556 g/mol. The summed E-state index contributed by atoms with van der Waals surface area (Å²) in [7, 11) is 1.68.